The van der Waals surface area contributed by atoms with Crippen LogP contribution in [0.25, 0.3) is 5.69 Å². The largest absolute Gasteiger partial charge is 0.342 e. The van der Waals surface area contributed by atoms with Crippen LogP contribution in [-0.2, 0) is 11.2 Å². The van der Waals surface area contributed by atoms with Crippen molar-refractivity contribution in [1.29, 1.82) is 0 Å². The first-order valence-corrected chi connectivity index (χ1v) is 9.83. The number of hydrogen-bond donors (Lipinski definition) is 0. The van der Waals surface area contributed by atoms with Crippen molar-refractivity contribution in [3.8, 4) is 5.69 Å². The molecular formula is C21H28ClN3O. The van der Waals surface area contributed by atoms with Crippen molar-refractivity contribution >= 4 is 17.5 Å². The van der Waals surface area contributed by atoms with Crippen molar-refractivity contribution < 1.29 is 4.79 Å². The Morgan fingerprint density at radius 1 is 1.23 bits per heavy atom. The van der Waals surface area contributed by atoms with Gasteiger partial charge in [0.15, 0.2) is 0 Å². The summed E-state index contributed by atoms with van der Waals surface area (Å²) in [5.41, 5.74) is 4.91. The zero-order valence-corrected chi connectivity index (χ0v) is 16.9. The molecule has 0 spiro atoms. The number of likely N-dealkylation sites (N-methyl/N-ethyl adjacent to an activating group) is 1. The van der Waals surface area contributed by atoms with Gasteiger partial charge in [0.05, 0.1) is 17.8 Å². The fourth-order valence-electron chi connectivity index (χ4n) is 3.84. The fourth-order valence-corrected chi connectivity index (χ4v) is 4.02. The van der Waals surface area contributed by atoms with Gasteiger partial charge >= 0.3 is 0 Å². The van der Waals surface area contributed by atoms with Crippen molar-refractivity contribution in [2.24, 2.45) is 0 Å². The van der Waals surface area contributed by atoms with Gasteiger partial charge in [0, 0.05) is 29.4 Å². The van der Waals surface area contributed by atoms with Gasteiger partial charge in [0.25, 0.3) is 0 Å². The third-order valence-corrected chi connectivity index (χ3v) is 6.09. The predicted octanol–water partition coefficient (Wildman–Crippen LogP) is 4.78. The Labute approximate surface area is 161 Å². The van der Waals surface area contributed by atoms with E-state index in [1.54, 1.807) is 0 Å². The lowest BCUT2D eigenvalue weighted by atomic mass is 9.94. The summed E-state index contributed by atoms with van der Waals surface area (Å²) in [6.45, 7) is 5.98. The minimum atomic E-state index is 0.185. The lowest BCUT2D eigenvalue weighted by molar-refractivity contribution is -0.131. The minimum absolute atomic E-state index is 0.185. The Hall–Kier alpha value is -1.81. The molecule has 0 N–H and O–H groups in total. The summed E-state index contributed by atoms with van der Waals surface area (Å²) < 4.78 is 1.89. The number of aryl methyl sites for hydroxylation is 2. The second-order valence-corrected chi connectivity index (χ2v) is 7.88. The van der Waals surface area contributed by atoms with E-state index in [1.165, 1.54) is 19.3 Å². The van der Waals surface area contributed by atoms with Gasteiger partial charge in [-0.2, -0.15) is 5.10 Å². The maximum atomic E-state index is 12.8. The molecule has 1 fully saturated rings. The normalized spacial score (nSPS) is 15.3. The van der Waals surface area contributed by atoms with Gasteiger partial charge in [0.2, 0.25) is 5.91 Å². The van der Waals surface area contributed by atoms with Crippen LogP contribution in [0.5, 0.6) is 0 Å². The molecule has 1 amide bonds. The first-order valence-electron chi connectivity index (χ1n) is 9.45. The molecule has 0 aliphatic heterocycles. The third kappa shape index (κ3) is 3.80. The Morgan fingerprint density at radius 3 is 2.58 bits per heavy atom. The highest BCUT2D eigenvalue weighted by molar-refractivity contribution is 6.31. The second-order valence-electron chi connectivity index (χ2n) is 7.47. The van der Waals surface area contributed by atoms with Gasteiger partial charge < -0.3 is 4.90 Å². The minimum Gasteiger partial charge on any atom is -0.342 e. The van der Waals surface area contributed by atoms with Crippen LogP contribution in [0.15, 0.2) is 18.2 Å². The molecule has 1 heterocycles. The zero-order valence-electron chi connectivity index (χ0n) is 16.2. The average Bonchev–Trinajstić information content (AvgIpc) is 2.92. The van der Waals surface area contributed by atoms with Crippen LogP contribution < -0.4 is 0 Å². The summed E-state index contributed by atoms with van der Waals surface area (Å²) in [4.78, 5) is 14.8. The Morgan fingerprint density at radius 2 is 1.92 bits per heavy atom. The van der Waals surface area contributed by atoms with Gasteiger partial charge in [-0.25, -0.2) is 4.68 Å². The lowest BCUT2D eigenvalue weighted by Crippen LogP contribution is -2.39. The summed E-state index contributed by atoms with van der Waals surface area (Å²) in [7, 11) is 1.95. The summed E-state index contributed by atoms with van der Waals surface area (Å²) in [6, 6.07) is 6.33. The number of nitrogens with zero attached hydrogens (tertiary/aromatic N) is 3. The average molecular weight is 374 g/mol. The number of aromatic nitrogens is 2. The molecule has 0 bridgehead atoms. The maximum absolute atomic E-state index is 12.8. The first kappa shape index (κ1) is 19.0. The third-order valence-electron chi connectivity index (χ3n) is 5.68. The zero-order chi connectivity index (χ0) is 18.8. The Kier molecular flexibility index (Phi) is 5.71. The summed E-state index contributed by atoms with van der Waals surface area (Å²) in [5, 5.41) is 5.39. The molecule has 140 valence electrons. The Balaban J connectivity index is 1.81. The second kappa shape index (κ2) is 7.83. The maximum Gasteiger partial charge on any atom is 0.227 e. The van der Waals surface area contributed by atoms with Crippen molar-refractivity contribution in [3.63, 3.8) is 0 Å². The van der Waals surface area contributed by atoms with E-state index in [1.807, 2.05) is 55.6 Å². The smallest absolute Gasteiger partial charge is 0.227 e. The van der Waals surface area contributed by atoms with E-state index in [9.17, 15) is 4.79 Å². The number of hydrogen-bond acceptors (Lipinski definition) is 2. The monoisotopic (exact) mass is 373 g/mol. The predicted molar refractivity (Wildman–Crippen MR) is 106 cm³/mol. The SMILES string of the molecule is Cc1ccc(-n2nc(C)c(CC(=O)N(C)C3CCCCC3)c2C)cc1Cl. The molecule has 1 aromatic heterocycles. The molecule has 0 atom stereocenters. The van der Waals surface area contributed by atoms with E-state index in [-0.39, 0.29) is 5.91 Å². The highest BCUT2D eigenvalue weighted by Crippen LogP contribution is 2.25. The molecule has 0 saturated heterocycles. The number of halogens is 1. The van der Waals surface area contributed by atoms with E-state index in [4.69, 9.17) is 11.6 Å². The standard InChI is InChI=1S/C21H28ClN3O/c1-14-10-11-18(12-20(14)22)25-16(3)19(15(2)23-25)13-21(26)24(4)17-8-6-5-7-9-17/h10-12,17H,5-9,13H2,1-4H3. The fraction of sp³-hybridized carbons (Fsp3) is 0.524. The van der Waals surface area contributed by atoms with Gasteiger partial charge in [-0.05, 0) is 51.3 Å². The Bertz CT molecular complexity index is 806. The number of rotatable bonds is 4. The molecule has 5 heteroatoms. The lowest BCUT2D eigenvalue weighted by Gasteiger charge is -2.31. The van der Waals surface area contributed by atoms with E-state index < -0.39 is 0 Å². The molecule has 1 aliphatic rings. The summed E-state index contributed by atoms with van der Waals surface area (Å²) in [6.07, 6.45) is 6.41. The topological polar surface area (TPSA) is 38.1 Å². The van der Waals surface area contributed by atoms with Crippen LogP contribution in [-0.4, -0.2) is 33.7 Å². The van der Waals surface area contributed by atoms with Crippen molar-refractivity contribution in [2.45, 2.75) is 65.3 Å². The van der Waals surface area contributed by atoms with E-state index in [2.05, 4.69) is 5.10 Å². The van der Waals surface area contributed by atoms with Crippen LogP contribution >= 0.6 is 11.6 Å². The molecule has 3 rings (SSSR count). The highest BCUT2D eigenvalue weighted by atomic mass is 35.5. The van der Waals surface area contributed by atoms with E-state index in [0.717, 1.165) is 46.1 Å². The molecule has 26 heavy (non-hydrogen) atoms. The van der Waals surface area contributed by atoms with Crippen LogP contribution in [0.4, 0.5) is 0 Å². The van der Waals surface area contributed by atoms with Crippen molar-refractivity contribution in [3.05, 3.63) is 45.7 Å². The summed E-state index contributed by atoms with van der Waals surface area (Å²) in [5.74, 6) is 0.185. The highest BCUT2D eigenvalue weighted by Gasteiger charge is 2.24. The van der Waals surface area contributed by atoms with Crippen LogP contribution in [0.1, 0.15) is 54.6 Å². The van der Waals surface area contributed by atoms with Gasteiger partial charge in [-0.1, -0.05) is 36.9 Å². The molecule has 1 saturated carbocycles. The van der Waals surface area contributed by atoms with Crippen molar-refractivity contribution in [1.82, 2.24) is 14.7 Å². The van der Waals surface area contributed by atoms with Crippen LogP contribution in [0, 0.1) is 20.8 Å². The van der Waals surface area contributed by atoms with Gasteiger partial charge in [0.1, 0.15) is 0 Å². The molecule has 1 aliphatic carbocycles. The molecule has 4 nitrogen and oxygen atoms in total. The molecule has 0 unspecified atom stereocenters. The van der Waals surface area contributed by atoms with Crippen LogP contribution in [0.2, 0.25) is 5.02 Å². The van der Waals surface area contributed by atoms with Crippen LogP contribution in [0.3, 0.4) is 0 Å². The first-order chi connectivity index (χ1) is 12.4. The molecule has 0 radical (unpaired) electrons. The molecule has 1 aromatic carbocycles. The number of benzene rings is 1. The van der Waals surface area contributed by atoms with Gasteiger partial charge in [-0.3, -0.25) is 4.79 Å². The summed E-state index contributed by atoms with van der Waals surface area (Å²) >= 11 is 6.27. The van der Waals surface area contributed by atoms with Crippen molar-refractivity contribution in [2.75, 3.05) is 7.05 Å². The van der Waals surface area contributed by atoms with E-state index in [0.29, 0.717) is 12.5 Å². The van der Waals surface area contributed by atoms with E-state index >= 15 is 0 Å². The quantitative estimate of drug-likeness (QED) is 0.773. The molecular weight excluding hydrogens is 346 g/mol. The van der Waals surface area contributed by atoms with Gasteiger partial charge in [-0.15, -0.1) is 0 Å². The number of carbonyl (C=O) groups is 1. The molecule has 2 aromatic rings. The number of carbonyl (C=O) groups excluding carboxylic acids is 1. The number of amides is 1.